The third-order valence-electron chi connectivity index (χ3n) is 5.14. The number of rotatable bonds is 7. The molecule has 0 aliphatic rings. The van der Waals surface area contributed by atoms with E-state index in [1.807, 2.05) is 55.5 Å². The molecular weight excluding hydrogens is 430 g/mol. The highest BCUT2D eigenvalue weighted by Gasteiger charge is 2.16. The van der Waals surface area contributed by atoms with Crippen molar-refractivity contribution >= 4 is 11.9 Å². The maximum absolute atomic E-state index is 11.0. The zero-order chi connectivity index (χ0) is 24.3. The Hall–Kier alpha value is -4.14. The minimum atomic E-state index is -0.998. The molecular formula is C25H27N7O2. The number of hydrogen-bond donors (Lipinski definition) is 2. The van der Waals surface area contributed by atoms with Gasteiger partial charge in [-0.3, -0.25) is 9.78 Å². The molecule has 9 nitrogen and oxygen atoms in total. The predicted octanol–water partition coefficient (Wildman–Crippen LogP) is 3.95. The van der Waals surface area contributed by atoms with Crippen LogP contribution in [0.2, 0.25) is 0 Å². The molecule has 0 unspecified atom stereocenters. The van der Waals surface area contributed by atoms with Gasteiger partial charge in [-0.2, -0.15) is 0 Å². The first kappa shape index (κ1) is 23.0. The van der Waals surface area contributed by atoms with Gasteiger partial charge in [-0.1, -0.05) is 55.8 Å². The molecule has 174 valence electrons. The SMILES string of the molecule is Cc1cccc(-c2cc(-c3cn(Cc4cccc(C(C)(C)C)n4)nn3)nc(NCC(=O)O)n2)c1. The molecule has 3 aromatic heterocycles. The Morgan fingerprint density at radius 3 is 2.50 bits per heavy atom. The summed E-state index contributed by atoms with van der Waals surface area (Å²) in [6.07, 6.45) is 1.80. The first-order valence-corrected chi connectivity index (χ1v) is 11.0. The predicted molar refractivity (Wildman–Crippen MR) is 129 cm³/mol. The summed E-state index contributed by atoms with van der Waals surface area (Å²) in [5, 5.41) is 20.4. The van der Waals surface area contributed by atoms with Crippen LogP contribution >= 0.6 is 0 Å². The molecule has 3 heterocycles. The first-order valence-electron chi connectivity index (χ1n) is 11.0. The van der Waals surface area contributed by atoms with Crippen molar-refractivity contribution in [1.82, 2.24) is 29.9 Å². The molecule has 0 radical (unpaired) electrons. The molecule has 0 atom stereocenters. The highest BCUT2D eigenvalue weighted by Crippen LogP contribution is 2.25. The lowest BCUT2D eigenvalue weighted by Crippen LogP contribution is -2.15. The number of carboxylic acid groups (broad SMARTS) is 1. The van der Waals surface area contributed by atoms with Crippen molar-refractivity contribution in [2.24, 2.45) is 0 Å². The molecule has 1 aromatic carbocycles. The summed E-state index contributed by atoms with van der Waals surface area (Å²) in [5.41, 5.74) is 5.61. The summed E-state index contributed by atoms with van der Waals surface area (Å²) < 4.78 is 1.71. The summed E-state index contributed by atoms with van der Waals surface area (Å²) in [5.74, 6) is -0.785. The van der Waals surface area contributed by atoms with Crippen LogP contribution in [-0.4, -0.2) is 47.6 Å². The summed E-state index contributed by atoms with van der Waals surface area (Å²) in [7, 11) is 0. The average Bonchev–Trinajstić information content (AvgIpc) is 3.26. The maximum Gasteiger partial charge on any atom is 0.322 e. The van der Waals surface area contributed by atoms with Crippen LogP contribution in [0.15, 0.2) is 54.7 Å². The molecule has 4 aromatic rings. The summed E-state index contributed by atoms with van der Waals surface area (Å²) in [6, 6.07) is 15.7. The Morgan fingerprint density at radius 2 is 1.76 bits per heavy atom. The van der Waals surface area contributed by atoms with Crippen LogP contribution in [0.4, 0.5) is 5.95 Å². The van der Waals surface area contributed by atoms with Crippen LogP contribution in [0.25, 0.3) is 22.6 Å². The Labute approximate surface area is 197 Å². The lowest BCUT2D eigenvalue weighted by atomic mass is 9.91. The summed E-state index contributed by atoms with van der Waals surface area (Å²) in [6.45, 7) is 8.57. The molecule has 0 aliphatic heterocycles. The van der Waals surface area contributed by atoms with Gasteiger partial charge in [0.15, 0.2) is 0 Å². The second kappa shape index (κ2) is 9.38. The lowest BCUT2D eigenvalue weighted by molar-refractivity contribution is -0.134. The maximum atomic E-state index is 11.0. The third-order valence-corrected chi connectivity index (χ3v) is 5.14. The number of benzene rings is 1. The standard InChI is InChI=1S/C25H27N7O2/c1-16-7-5-8-17(11-16)19-12-20(29-24(28-19)26-13-23(33)34)21-15-32(31-30-21)14-18-9-6-10-22(27-18)25(2,3)4/h5-12,15H,13-14H2,1-4H3,(H,33,34)(H,26,28,29). The second-order valence-corrected chi connectivity index (χ2v) is 9.14. The molecule has 2 N–H and O–H groups in total. The smallest absolute Gasteiger partial charge is 0.322 e. The molecule has 0 aliphatic carbocycles. The molecule has 0 fully saturated rings. The number of nitrogens with zero attached hydrogens (tertiary/aromatic N) is 6. The second-order valence-electron chi connectivity index (χ2n) is 9.14. The molecule has 34 heavy (non-hydrogen) atoms. The zero-order valence-corrected chi connectivity index (χ0v) is 19.6. The van der Waals surface area contributed by atoms with Gasteiger partial charge in [0, 0.05) is 16.7 Å². The normalized spacial score (nSPS) is 11.4. The molecule has 0 saturated carbocycles. The van der Waals surface area contributed by atoms with Crippen molar-refractivity contribution in [3.63, 3.8) is 0 Å². The highest BCUT2D eigenvalue weighted by molar-refractivity contribution is 5.73. The van der Waals surface area contributed by atoms with Gasteiger partial charge in [-0.15, -0.1) is 5.10 Å². The van der Waals surface area contributed by atoms with Crippen LogP contribution in [0.5, 0.6) is 0 Å². The first-order chi connectivity index (χ1) is 16.2. The van der Waals surface area contributed by atoms with Crippen molar-refractivity contribution in [1.29, 1.82) is 0 Å². The van der Waals surface area contributed by atoms with Gasteiger partial charge in [-0.25, -0.2) is 14.6 Å². The fourth-order valence-corrected chi connectivity index (χ4v) is 3.41. The van der Waals surface area contributed by atoms with E-state index in [-0.39, 0.29) is 17.9 Å². The van der Waals surface area contributed by atoms with Crippen LogP contribution in [0.3, 0.4) is 0 Å². The number of carboxylic acids is 1. The Morgan fingerprint density at radius 1 is 1.00 bits per heavy atom. The van der Waals surface area contributed by atoms with E-state index in [4.69, 9.17) is 10.1 Å². The molecule has 9 heteroatoms. The van der Waals surface area contributed by atoms with Crippen molar-refractivity contribution in [3.05, 3.63) is 71.7 Å². The fourth-order valence-electron chi connectivity index (χ4n) is 3.41. The van der Waals surface area contributed by atoms with Crippen molar-refractivity contribution < 1.29 is 9.90 Å². The number of anilines is 1. The van der Waals surface area contributed by atoms with E-state index in [9.17, 15) is 4.79 Å². The van der Waals surface area contributed by atoms with E-state index in [0.717, 1.165) is 22.5 Å². The minimum Gasteiger partial charge on any atom is -0.480 e. The largest absolute Gasteiger partial charge is 0.480 e. The van der Waals surface area contributed by atoms with E-state index in [1.165, 1.54) is 0 Å². The number of hydrogen-bond acceptors (Lipinski definition) is 7. The van der Waals surface area contributed by atoms with Gasteiger partial charge in [0.25, 0.3) is 0 Å². The van der Waals surface area contributed by atoms with E-state index in [1.54, 1.807) is 10.9 Å². The average molecular weight is 458 g/mol. The number of nitrogens with one attached hydrogen (secondary N) is 1. The van der Waals surface area contributed by atoms with Gasteiger partial charge in [0.1, 0.15) is 12.2 Å². The van der Waals surface area contributed by atoms with Crippen molar-refractivity contribution in [2.45, 2.75) is 39.7 Å². The van der Waals surface area contributed by atoms with Gasteiger partial charge in [0.2, 0.25) is 5.95 Å². The van der Waals surface area contributed by atoms with Crippen LogP contribution in [0, 0.1) is 6.92 Å². The molecule has 0 bridgehead atoms. The minimum absolute atomic E-state index is 0.0456. The molecule has 4 rings (SSSR count). The van der Waals surface area contributed by atoms with E-state index >= 15 is 0 Å². The van der Waals surface area contributed by atoms with Crippen LogP contribution in [0.1, 0.15) is 37.7 Å². The Kier molecular flexibility index (Phi) is 6.36. The van der Waals surface area contributed by atoms with E-state index in [0.29, 0.717) is 23.6 Å². The summed E-state index contributed by atoms with van der Waals surface area (Å²) in [4.78, 5) is 24.8. The van der Waals surface area contributed by atoms with Crippen LogP contribution < -0.4 is 5.32 Å². The molecule has 0 spiro atoms. The Balaban J connectivity index is 1.65. The van der Waals surface area contributed by atoms with E-state index in [2.05, 4.69) is 46.4 Å². The topological polar surface area (TPSA) is 119 Å². The van der Waals surface area contributed by atoms with Gasteiger partial charge < -0.3 is 10.4 Å². The van der Waals surface area contributed by atoms with Gasteiger partial charge in [-0.05, 0) is 31.2 Å². The lowest BCUT2D eigenvalue weighted by Gasteiger charge is -2.18. The fraction of sp³-hybridized carbons (Fsp3) is 0.280. The van der Waals surface area contributed by atoms with Gasteiger partial charge in [0.05, 0.1) is 29.8 Å². The number of carbonyl (C=O) groups is 1. The molecule has 0 amide bonds. The Bertz CT molecular complexity index is 1320. The summed E-state index contributed by atoms with van der Waals surface area (Å²) >= 11 is 0. The quantitative estimate of drug-likeness (QED) is 0.428. The number of aliphatic carboxylic acids is 1. The monoisotopic (exact) mass is 457 g/mol. The highest BCUT2D eigenvalue weighted by atomic mass is 16.4. The third kappa shape index (κ3) is 5.61. The zero-order valence-electron chi connectivity index (χ0n) is 19.6. The number of aromatic nitrogens is 6. The van der Waals surface area contributed by atoms with Gasteiger partial charge >= 0.3 is 5.97 Å². The van der Waals surface area contributed by atoms with Crippen molar-refractivity contribution in [2.75, 3.05) is 11.9 Å². The number of pyridine rings is 1. The van der Waals surface area contributed by atoms with Crippen LogP contribution in [-0.2, 0) is 16.8 Å². The van der Waals surface area contributed by atoms with Crippen molar-refractivity contribution in [3.8, 4) is 22.6 Å². The number of aryl methyl sites for hydroxylation is 1. The van der Waals surface area contributed by atoms with E-state index < -0.39 is 5.97 Å². The molecule has 0 saturated heterocycles.